The van der Waals surface area contributed by atoms with E-state index in [0.717, 1.165) is 42.6 Å². The number of aromatic nitrogens is 3. The smallest absolute Gasteiger partial charge is 0.336 e. The molecule has 1 amide bonds. The summed E-state index contributed by atoms with van der Waals surface area (Å²) in [4.78, 5) is 17.2. The fourth-order valence-corrected chi connectivity index (χ4v) is 3.79. The highest BCUT2D eigenvalue weighted by atomic mass is 16.7. The van der Waals surface area contributed by atoms with E-state index < -0.39 is 0 Å². The summed E-state index contributed by atoms with van der Waals surface area (Å²) in [6.07, 6.45) is 3.89. The van der Waals surface area contributed by atoms with Gasteiger partial charge in [-0.15, -0.1) is 5.10 Å². The van der Waals surface area contributed by atoms with Crippen LogP contribution >= 0.6 is 0 Å². The van der Waals surface area contributed by atoms with Gasteiger partial charge in [-0.3, -0.25) is 4.79 Å². The van der Waals surface area contributed by atoms with E-state index in [4.69, 9.17) is 14.2 Å². The first kappa shape index (κ1) is 22.6. The quantitative estimate of drug-likeness (QED) is 0.456. The van der Waals surface area contributed by atoms with Crippen LogP contribution in [0.25, 0.3) is 17.1 Å². The van der Waals surface area contributed by atoms with Gasteiger partial charge in [-0.25, -0.2) is 4.68 Å². The Bertz CT molecular complexity index is 1090. The Morgan fingerprint density at radius 1 is 1.12 bits per heavy atom. The van der Waals surface area contributed by atoms with Gasteiger partial charge < -0.3 is 19.5 Å². The number of benzene rings is 2. The van der Waals surface area contributed by atoms with Gasteiger partial charge >= 0.3 is 6.01 Å². The first-order chi connectivity index (χ1) is 16.1. The number of nitrogens with zero attached hydrogens (tertiary/aromatic N) is 3. The van der Waals surface area contributed by atoms with Crippen molar-refractivity contribution >= 4 is 11.6 Å². The molecule has 8 nitrogen and oxygen atoms in total. The van der Waals surface area contributed by atoms with Crippen LogP contribution in [0, 0.1) is 5.92 Å². The van der Waals surface area contributed by atoms with Gasteiger partial charge in [-0.2, -0.15) is 4.98 Å². The molecule has 174 valence electrons. The van der Waals surface area contributed by atoms with Crippen molar-refractivity contribution in [1.82, 2.24) is 14.8 Å². The summed E-state index contributed by atoms with van der Waals surface area (Å²) in [6.45, 7) is 6.76. The molecule has 0 bridgehead atoms. The lowest BCUT2D eigenvalue weighted by molar-refractivity contribution is -0.120. The number of rotatable bonds is 10. The van der Waals surface area contributed by atoms with Crippen molar-refractivity contribution in [2.24, 2.45) is 5.92 Å². The van der Waals surface area contributed by atoms with E-state index in [0.29, 0.717) is 29.9 Å². The maximum atomic E-state index is 12.6. The minimum Gasteiger partial charge on any atom is -0.463 e. The number of hydrogen-bond donors (Lipinski definition) is 1. The Balaban J connectivity index is 1.58. The maximum Gasteiger partial charge on any atom is 0.336 e. The highest BCUT2D eigenvalue weighted by molar-refractivity contribution is 5.92. The van der Waals surface area contributed by atoms with Gasteiger partial charge in [0.25, 0.3) is 0 Å². The third-order valence-corrected chi connectivity index (χ3v) is 5.64. The molecule has 0 fully saturated rings. The van der Waals surface area contributed by atoms with Gasteiger partial charge in [0.05, 0.1) is 12.3 Å². The summed E-state index contributed by atoms with van der Waals surface area (Å²) in [7, 11) is 0. The van der Waals surface area contributed by atoms with Gasteiger partial charge in [-0.1, -0.05) is 26.7 Å². The first-order valence-electron chi connectivity index (χ1n) is 11.5. The lowest BCUT2D eigenvalue weighted by atomic mass is 9.98. The van der Waals surface area contributed by atoms with Crippen molar-refractivity contribution < 1.29 is 19.0 Å². The molecule has 2 heterocycles. The van der Waals surface area contributed by atoms with Crippen molar-refractivity contribution in [3.8, 4) is 34.6 Å². The van der Waals surface area contributed by atoms with Gasteiger partial charge in [-0.05, 0) is 62.2 Å². The number of nitrogens with one attached hydrogen (secondary N) is 1. The van der Waals surface area contributed by atoms with E-state index in [2.05, 4.69) is 29.2 Å². The number of fused-ring (bicyclic) bond motifs is 1. The van der Waals surface area contributed by atoms with Crippen molar-refractivity contribution in [2.75, 3.05) is 18.7 Å². The van der Waals surface area contributed by atoms with E-state index in [9.17, 15) is 4.79 Å². The normalized spacial score (nSPS) is 13.1. The summed E-state index contributed by atoms with van der Waals surface area (Å²) in [5, 5.41) is 7.57. The van der Waals surface area contributed by atoms with Crippen LogP contribution in [0.5, 0.6) is 17.5 Å². The zero-order valence-corrected chi connectivity index (χ0v) is 19.3. The van der Waals surface area contributed by atoms with Crippen molar-refractivity contribution in [3.63, 3.8) is 0 Å². The predicted molar refractivity (Wildman–Crippen MR) is 126 cm³/mol. The molecule has 1 aliphatic rings. The van der Waals surface area contributed by atoms with Crippen molar-refractivity contribution in [2.45, 2.75) is 46.5 Å². The molecular weight excluding hydrogens is 420 g/mol. The Hall–Kier alpha value is -3.55. The molecule has 8 heteroatoms. The monoisotopic (exact) mass is 450 g/mol. The van der Waals surface area contributed by atoms with Crippen molar-refractivity contribution in [1.29, 1.82) is 0 Å². The fraction of sp³-hybridized carbons (Fsp3) is 0.400. The Morgan fingerprint density at radius 2 is 1.91 bits per heavy atom. The van der Waals surface area contributed by atoms with Crippen molar-refractivity contribution in [3.05, 3.63) is 42.5 Å². The lowest BCUT2D eigenvalue weighted by Crippen LogP contribution is -2.22. The topological polar surface area (TPSA) is 87.5 Å². The van der Waals surface area contributed by atoms with Crippen LogP contribution in [0.3, 0.4) is 0 Å². The molecule has 1 aliphatic heterocycles. The average Bonchev–Trinajstić information content (AvgIpc) is 3.47. The van der Waals surface area contributed by atoms with E-state index in [1.807, 2.05) is 49.4 Å². The fourth-order valence-electron chi connectivity index (χ4n) is 3.79. The number of carbonyl (C=O) groups excluding carboxylic acids is 1. The predicted octanol–water partition coefficient (Wildman–Crippen LogP) is 5.22. The highest BCUT2D eigenvalue weighted by Gasteiger charge is 2.20. The van der Waals surface area contributed by atoms with Gasteiger partial charge in [0.1, 0.15) is 0 Å². The zero-order valence-electron chi connectivity index (χ0n) is 19.3. The standard InChI is InChI=1S/C25H30N4O4/c1-4-7-8-17(5-2)24(30)26-19-10-12-20(13-11-19)29-23(27-25(28-29)31-6-3)18-9-14-21-22(15-18)33-16-32-21/h9-15,17H,4-8,16H2,1-3H3,(H,26,30)/t17-/m1/s1. The second-order valence-corrected chi connectivity index (χ2v) is 7.91. The third-order valence-electron chi connectivity index (χ3n) is 5.64. The van der Waals surface area contributed by atoms with Gasteiger partial charge in [0.2, 0.25) is 12.7 Å². The van der Waals surface area contributed by atoms with Crippen LogP contribution in [-0.4, -0.2) is 34.1 Å². The summed E-state index contributed by atoms with van der Waals surface area (Å²) in [5.74, 6) is 2.11. The minimum absolute atomic E-state index is 0.0336. The second-order valence-electron chi connectivity index (χ2n) is 7.91. The van der Waals surface area contributed by atoms with Gasteiger partial charge in [0.15, 0.2) is 17.3 Å². The Morgan fingerprint density at radius 3 is 2.64 bits per heavy atom. The molecule has 33 heavy (non-hydrogen) atoms. The van der Waals surface area contributed by atoms with E-state index in [1.165, 1.54) is 0 Å². The number of carbonyl (C=O) groups is 1. The molecule has 4 rings (SSSR count). The highest BCUT2D eigenvalue weighted by Crippen LogP contribution is 2.36. The molecule has 0 unspecified atom stereocenters. The molecule has 0 saturated heterocycles. The molecule has 2 aromatic carbocycles. The largest absolute Gasteiger partial charge is 0.463 e. The first-order valence-corrected chi connectivity index (χ1v) is 11.5. The average molecular weight is 451 g/mol. The molecule has 0 saturated carbocycles. The summed E-state index contributed by atoms with van der Waals surface area (Å²) < 4.78 is 18.2. The molecule has 0 aliphatic carbocycles. The maximum absolute atomic E-state index is 12.6. The number of amides is 1. The summed E-state index contributed by atoms with van der Waals surface area (Å²) in [5.41, 5.74) is 2.39. The number of hydrogen-bond acceptors (Lipinski definition) is 6. The molecule has 0 spiro atoms. The number of ether oxygens (including phenoxy) is 3. The molecular formula is C25H30N4O4. The summed E-state index contributed by atoms with van der Waals surface area (Å²) in [6, 6.07) is 13.5. The SMILES string of the molecule is CCCC[C@@H](CC)C(=O)Nc1ccc(-n2nc(OCC)nc2-c2ccc3c(c2)OCO3)cc1. The third kappa shape index (κ3) is 5.10. The minimum atomic E-state index is 0.0336. The Kier molecular flexibility index (Phi) is 7.12. The summed E-state index contributed by atoms with van der Waals surface area (Å²) >= 11 is 0. The van der Waals surface area contributed by atoms with Crippen LogP contribution in [0.4, 0.5) is 5.69 Å². The van der Waals surface area contributed by atoms with Crippen LogP contribution in [0.15, 0.2) is 42.5 Å². The Labute approximate surface area is 193 Å². The lowest BCUT2D eigenvalue weighted by Gasteiger charge is -2.15. The number of anilines is 1. The second kappa shape index (κ2) is 10.4. The number of unbranched alkanes of at least 4 members (excludes halogenated alkanes) is 1. The van der Waals surface area contributed by atoms with Crippen LogP contribution in [-0.2, 0) is 4.79 Å². The molecule has 1 atom stereocenters. The van der Waals surface area contributed by atoms with E-state index >= 15 is 0 Å². The molecule has 1 N–H and O–H groups in total. The molecule has 1 aromatic heterocycles. The van der Waals surface area contributed by atoms with E-state index in [-0.39, 0.29) is 18.6 Å². The van der Waals surface area contributed by atoms with Crippen LogP contribution in [0.2, 0.25) is 0 Å². The van der Waals surface area contributed by atoms with Crippen LogP contribution < -0.4 is 19.5 Å². The molecule has 0 radical (unpaired) electrons. The van der Waals surface area contributed by atoms with E-state index in [1.54, 1.807) is 4.68 Å². The van der Waals surface area contributed by atoms with Crippen LogP contribution in [0.1, 0.15) is 46.5 Å². The van der Waals surface area contributed by atoms with Gasteiger partial charge in [0, 0.05) is 17.2 Å². The molecule has 3 aromatic rings. The zero-order chi connectivity index (χ0) is 23.2.